The summed E-state index contributed by atoms with van der Waals surface area (Å²) in [5.41, 5.74) is 12.9. The van der Waals surface area contributed by atoms with Crippen LogP contribution in [-0.2, 0) is 7.05 Å². The zero-order valence-electron chi connectivity index (χ0n) is 12.1. The molecule has 110 valence electrons. The lowest BCUT2D eigenvalue weighted by atomic mass is 10.1. The van der Waals surface area contributed by atoms with E-state index in [9.17, 15) is 0 Å². The maximum Gasteiger partial charge on any atom is 0.155 e. The van der Waals surface area contributed by atoms with Crippen molar-refractivity contribution in [3.8, 4) is 11.3 Å². The van der Waals surface area contributed by atoms with E-state index in [4.69, 9.17) is 11.5 Å². The Hall–Kier alpha value is -3.15. The minimum absolute atomic E-state index is 0.308. The van der Waals surface area contributed by atoms with Gasteiger partial charge >= 0.3 is 0 Å². The number of rotatable bonds is 3. The van der Waals surface area contributed by atoms with Crippen LogP contribution in [0.3, 0.4) is 0 Å². The van der Waals surface area contributed by atoms with Crippen molar-refractivity contribution in [3.63, 3.8) is 0 Å². The first-order valence-corrected chi connectivity index (χ1v) is 6.78. The number of aliphatic imine (C=N–C) groups is 1. The molecule has 6 nitrogen and oxygen atoms in total. The molecule has 0 fully saturated rings. The van der Waals surface area contributed by atoms with Gasteiger partial charge in [0.1, 0.15) is 5.84 Å². The summed E-state index contributed by atoms with van der Waals surface area (Å²) < 4.78 is 1.74. The summed E-state index contributed by atoms with van der Waals surface area (Å²) in [7, 11) is 1.87. The maximum absolute atomic E-state index is 5.78. The van der Waals surface area contributed by atoms with Crippen LogP contribution in [-0.4, -0.2) is 20.6 Å². The molecule has 0 spiro atoms. The quantitative estimate of drug-likeness (QED) is 0.571. The highest BCUT2D eigenvalue weighted by Crippen LogP contribution is 2.29. The lowest BCUT2D eigenvalue weighted by Crippen LogP contribution is -2.07. The van der Waals surface area contributed by atoms with Crippen LogP contribution in [0.15, 0.2) is 60.0 Å². The van der Waals surface area contributed by atoms with Crippen molar-refractivity contribution in [1.82, 2.24) is 14.8 Å². The summed E-state index contributed by atoms with van der Waals surface area (Å²) in [6, 6.07) is 9.91. The number of benzene rings is 1. The number of hydrogen-bond donors (Lipinski definition) is 2. The summed E-state index contributed by atoms with van der Waals surface area (Å²) in [6.45, 7) is 0. The second-order valence-corrected chi connectivity index (χ2v) is 4.85. The predicted molar refractivity (Wildman–Crippen MR) is 88.6 cm³/mol. The van der Waals surface area contributed by atoms with Crippen molar-refractivity contribution in [2.75, 3.05) is 0 Å². The summed E-state index contributed by atoms with van der Waals surface area (Å²) >= 11 is 0. The molecule has 2 heterocycles. The smallest absolute Gasteiger partial charge is 0.155 e. The van der Waals surface area contributed by atoms with Gasteiger partial charge in [0, 0.05) is 24.2 Å². The molecule has 4 N–H and O–H groups in total. The van der Waals surface area contributed by atoms with Gasteiger partial charge in [0.2, 0.25) is 0 Å². The van der Waals surface area contributed by atoms with Crippen LogP contribution in [0, 0.1) is 0 Å². The Morgan fingerprint density at radius 2 is 2.14 bits per heavy atom. The molecule has 0 saturated heterocycles. The number of nitrogens with zero attached hydrogens (tertiary/aromatic N) is 4. The Bertz CT molecular complexity index is 875. The maximum atomic E-state index is 5.78. The molecule has 3 rings (SSSR count). The minimum atomic E-state index is 0.308. The minimum Gasteiger partial charge on any atom is -0.404 e. The van der Waals surface area contributed by atoms with Crippen molar-refractivity contribution in [2.45, 2.75) is 0 Å². The number of amidine groups is 1. The number of fused-ring (bicyclic) bond motifs is 1. The Morgan fingerprint density at radius 3 is 2.86 bits per heavy atom. The first-order valence-electron chi connectivity index (χ1n) is 6.78. The highest BCUT2D eigenvalue weighted by Gasteiger charge is 2.09. The van der Waals surface area contributed by atoms with E-state index >= 15 is 0 Å². The van der Waals surface area contributed by atoms with Gasteiger partial charge in [0.15, 0.2) is 5.82 Å². The molecule has 2 aromatic heterocycles. The van der Waals surface area contributed by atoms with E-state index in [0.717, 1.165) is 22.0 Å². The topological polar surface area (TPSA) is 95.1 Å². The Balaban J connectivity index is 2.23. The van der Waals surface area contributed by atoms with Crippen LogP contribution in [0.25, 0.3) is 22.0 Å². The molecule has 22 heavy (non-hydrogen) atoms. The van der Waals surface area contributed by atoms with Crippen LogP contribution < -0.4 is 11.5 Å². The van der Waals surface area contributed by atoms with E-state index in [1.165, 1.54) is 12.3 Å². The van der Waals surface area contributed by atoms with Gasteiger partial charge in [-0.2, -0.15) is 5.10 Å². The van der Waals surface area contributed by atoms with E-state index in [-0.39, 0.29) is 0 Å². The SMILES string of the molecule is Cn1cc(-c2nc(/N=C(N)\C=C/N)cc3ccccc23)cn1. The first kappa shape index (κ1) is 13.8. The fourth-order valence-corrected chi connectivity index (χ4v) is 2.27. The second kappa shape index (κ2) is 5.69. The molecule has 1 aromatic carbocycles. The lowest BCUT2D eigenvalue weighted by Gasteiger charge is -2.06. The molecular weight excluding hydrogens is 276 g/mol. The van der Waals surface area contributed by atoms with E-state index in [1.54, 1.807) is 10.9 Å². The number of nitrogens with two attached hydrogens (primary N) is 2. The summed E-state index contributed by atoms with van der Waals surface area (Å²) in [5, 5.41) is 6.29. The normalized spacial score (nSPS) is 12.3. The van der Waals surface area contributed by atoms with E-state index < -0.39 is 0 Å². The van der Waals surface area contributed by atoms with E-state index in [0.29, 0.717) is 11.7 Å². The van der Waals surface area contributed by atoms with Gasteiger partial charge in [0.05, 0.1) is 11.9 Å². The van der Waals surface area contributed by atoms with Gasteiger partial charge in [-0.3, -0.25) is 4.68 Å². The number of hydrogen-bond acceptors (Lipinski definition) is 4. The highest BCUT2D eigenvalue weighted by molar-refractivity contribution is 5.97. The van der Waals surface area contributed by atoms with Crippen molar-refractivity contribution in [2.24, 2.45) is 23.5 Å². The molecule has 0 aliphatic carbocycles. The predicted octanol–water partition coefficient (Wildman–Crippen LogP) is 2.10. The second-order valence-electron chi connectivity index (χ2n) is 4.85. The molecule has 0 bridgehead atoms. The molecule has 0 radical (unpaired) electrons. The number of aromatic nitrogens is 3. The standard InChI is InChI=1S/C16H16N6/c1-22-10-12(9-19-22)16-13-5-3-2-4-11(13)8-15(21-16)20-14(18)6-7-17/h2-10H,17H2,1H3,(H2,18,20,21)/b7-6-. The fraction of sp³-hybridized carbons (Fsp3) is 0.0625. The summed E-state index contributed by atoms with van der Waals surface area (Å²) in [4.78, 5) is 8.89. The van der Waals surface area contributed by atoms with Gasteiger partial charge in [-0.1, -0.05) is 24.3 Å². The number of aryl methyl sites for hydroxylation is 1. The van der Waals surface area contributed by atoms with Crippen molar-refractivity contribution >= 4 is 22.4 Å². The lowest BCUT2D eigenvalue weighted by molar-refractivity contribution is 0.768. The third kappa shape index (κ3) is 2.67. The molecule has 0 amide bonds. The average molecular weight is 292 g/mol. The van der Waals surface area contributed by atoms with Crippen LogP contribution in [0.1, 0.15) is 0 Å². The molecule has 0 aliphatic heterocycles. The monoisotopic (exact) mass is 292 g/mol. The van der Waals surface area contributed by atoms with Crippen LogP contribution in [0.5, 0.6) is 0 Å². The fourth-order valence-electron chi connectivity index (χ4n) is 2.27. The molecular formula is C16H16N6. The van der Waals surface area contributed by atoms with Gasteiger partial charge in [0.25, 0.3) is 0 Å². The number of pyridine rings is 1. The molecule has 0 unspecified atom stereocenters. The third-order valence-electron chi connectivity index (χ3n) is 3.22. The van der Waals surface area contributed by atoms with Gasteiger partial charge in [-0.15, -0.1) is 0 Å². The van der Waals surface area contributed by atoms with Gasteiger partial charge < -0.3 is 11.5 Å². The Labute approximate surface area is 127 Å². The Morgan fingerprint density at radius 1 is 1.32 bits per heavy atom. The summed E-state index contributed by atoms with van der Waals surface area (Å²) in [5.74, 6) is 0.843. The Kier molecular flexibility index (Phi) is 3.57. The zero-order chi connectivity index (χ0) is 15.5. The zero-order valence-corrected chi connectivity index (χ0v) is 12.1. The molecule has 3 aromatic rings. The van der Waals surface area contributed by atoms with Crippen molar-refractivity contribution < 1.29 is 0 Å². The summed E-state index contributed by atoms with van der Waals surface area (Å²) in [6.07, 6.45) is 6.58. The van der Waals surface area contributed by atoms with E-state index in [2.05, 4.69) is 15.1 Å². The highest BCUT2D eigenvalue weighted by atomic mass is 15.2. The average Bonchev–Trinajstić information content (AvgIpc) is 2.93. The van der Waals surface area contributed by atoms with Crippen LogP contribution in [0.2, 0.25) is 0 Å². The first-order chi connectivity index (χ1) is 10.7. The van der Waals surface area contributed by atoms with Gasteiger partial charge in [-0.05, 0) is 23.7 Å². The molecule has 0 aliphatic rings. The third-order valence-corrected chi connectivity index (χ3v) is 3.22. The van der Waals surface area contributed by atoms with Crippen molar-refractivity contribution in [1.29, 1.82) is 0 Å². The molecule has 0 atom stereocenters. The van der Waals surface area contributed by atoms with Gasteiger partial charge in [-0.25, -0.2) is 9.98 Å². The van der Waals surface area contributed by atoms with Crippen LogP contribution >= 0.6 is 0 Å². The molecule has 0 saturated carbocycles. The largest absolute Gasteiger partial charge is 0.404 e. The molecule has 6 heteroatoms. The van der Waals surface area contributed by atoms with E-state index in [1.807, 2.05) is 43.6 Å². The van der Waals surface area contributed by atoms with Crippen LogP contribution in [0.4, 0.5) is 5.82 Å². The van der Waals surface area contributed by atoms with Crippen molar-refractivity contribution in [3.05, 3.63) is 55.0 Å².